The van der Waals surface area contributed by atoms with Gasteiger partial charge in [-0.05, 0) is 41.3 Å². The van der Waals surface area contributed by atoms with Gasteiger partial charge in [-0.25, -0.2) is 4.79 Å². The number of hydrogen-bond donors (Lipinski definition) is 2. The van der Waals surface area contributed by atoms with Crippen molar-refractivity contribution < 1.29 is 33.2 Å². The monoisotopic (exact) mass is 560 g/mol. The zero-order valence-corrected chi connectivity index (χ0v) is 22.8. The van der Waals surface area contributed by atoms with Crippen molar-refractivity contribution in [2.24, 2.45) is 5.73 Å². The van der Waals surface area contributed by atoms with Crippen LogP contribution in [0.25, 0.3) is 11.3 Å². The van der Waals surface area contributed by atoms with Crippen molar-refractivity contribution in [1.29, 1.82) is 5.26 Å². The number of allylic oxidation sites excluding steroid dienone is 1. The Bertz CT molecular complexity index is 1630. The normalized spacial score (nSPS) is 14.0. The van der Waals surface area contributed by atoms with Crippen molar-refractivity contribution in [3.8, 4) is 52.0 Å². The smallest absolute Gasteiger partial charge is 0.353 e. The van der Waals surface area contributed by atoms with Crippen LogP contribution in [0.4, 0.5) is 0 Å². The quantitative estimate of drug-likeness (QED) is 0.231. The molecule has 0 amide bonds. The molecule has 12 heteroatoms. The molecule has 0 spiro atoms. The van der Waals surface area contributed by atoms with E-state index in [9.17, 15) is 10.1 Å². The van der Waals surface area contributed by atoms with E-state index >= 15 is 0 Å². The molecule has 11 nitrogen and oxygen atoms in total. The van der Waals surface area contributed by atoms with Crippen LogP contribution in [0.15, 0.2) is 59.3 Å². The molecule has 0 fully saturated rings. The van der Waals surface area contributed by atoms with Crippen molar-refractivity contribution in [2.45, 2.75) is 5.92 Å². The lowest BCUT2D eigenvalue weighted by molar-refractivity contribution is 0.0734. The second-order valence-electron chi connectivity index (χ2n) is 8.43. The number of thiophene rings is 1. The van der Waals surface area contributed by atoms with Crippen LogP contribution in [0.1, 0.15) is 26.7 Å². The van der Waals surface area contributed by atoms with Crippen LogP contribution in [0.5, 0.6) is 34.6 Å². The van der Waals surface area contributed by atoms with E-state index in [2.05, 4.69) is 16.3 Å². The molecular formula is C28H24N4O7S. The fourth-order valence-corrected chi connectivity index (χ4v) is 5.12. The molecule has 3 N–H and O–H groups in total. The Morgan fingerprint density at radius 2 is 1.75 bits per heavy atom. The van der Waals surface area contributed by atoms with Crippen LogP contribution in [0.3, 0.4) is 0 Å². The number of methoxy groups -OCH3 is 4. The Labute approximate surface area is 233 Å². The zero-order chi connectivity index (χ0) is 28.4. The number of nitriles is 1. The number of carbonyl (C=O) groups excluding carboxylic acids is 1. The minimum atomic E-state index is -0.697. The highest BCUT2D eigenvalue weighted by Gasteiger charge is 2.36. The molecule has 0 saturated heterocycles. The van der Waals surface area contributed by atoms with Gasteiger partial charge in [0.05, 0.1) is 45.6 Å². The maximum atomic E-state index is 12.6. The molecule has 2 aromatic carbocycles. The van der Waals surface area contributed by atoms with Crippen LogP contribution < -0.4 is 34.2 Å². The fraction of sp³-hybridized carbons (Fsp3) is 0.179. The first kappa shape index (κ1) is 26.5. The minimum absolute atomic E-state index is 0.0740. The molecule has 204 valence electrons. The van der Waals surface area contributed by atoms with E-state index in [1.807, 2.05) is 0 Å². The molecule has 1 aliphatic heterocycles. The largest absolute Gasteiger partial charge is 0.493 e. The van der Waals surface area contributed by atoms with Crippen molar-refractivity contribution in [1.82, 2.24) is 10.2 Å². The maximum Gasteiger partial charge on any atom is 0.353 e. The van der Waals surface area contributed by atoms with E-state index in [-0.39, 0.29) is 23.1 Å². The van der Waals surface area contributed by atoms with E-state index in [0.29, 0.717) is 50.3 Å². The van der Waals surface area contributed by atoms with E-state index in [1.165, 1.54) is 39.8 Å². The van der Waals surface area contributed by atoms with Crippen LogP contribution in [-0.4, -0.2) is 44.6 Å². The Morgan fingerprint density at radius 1 is 1.02 bits per heavy atom. The summed E-state index contributed by atoms with van der Waals surface area (Å²) >= 11 is 1.27. The number of aromatic amines is 1. The number of carbonyl (C=O) groups is 1. The summed E-state index contributed by atoms with van der Waals surface area (Å²) in [5, 5.41) is 19.2. The van der Waals surface area contributed by atoms with Crippen LogP contribution in [0.2, 0.25) is 0 Å². The van der Waals surface area contributed by atoms with Gasteiger partial charge in [0.2, 0.25) is 17.5 Å². The number of esters is 1. The molecule has 2 aromatic heterocycles. The summed E-state index contributed by atoms with van der Waals surface area (Å²) in [4.78, 5) is 13.0. The number of nitrogens with one attached hydrogen (secondary N) is 1. The SMILES string of the molecule is COc1cc(C2C(C#N)=C(N)Oc3n[nH]c(-c4cc(OC)c(OC)c(OC)c4)c32)ccc1OC(=O)c1cccs1. The standard InChI is InChI=1S/C28H24N4O7S/c1-34-18-10-14(7-8-17(18)38-28(33)21-6-5-9-40-21)22-16(13-29)26(30)39-27-23(22)24(31-32-27)15-11-19(35-2)25(37-4)20(12-15)36-3/h5-12,22H,30H2,1-4H3,(H,31,32). The Morgan fingerprint density at radius 3 is 2.35 bits per heavy atom. The van der Waals surface area contributed by atoms with Gasteiger partial charge in [0, 0.05) is 5.56 Å². The van der Waals surface area contributed by atoms with Gasteiger partial charge in [-0.15, -0.1) is 16.4 Å². The summed E-state index contributed by atoms with van der Waals surface area (Å²) in [5.74, 6) is 0.744. The summed E-state index contributed by atoms with van der Waals surface area (Å²) in [6.45, 7) is 0. The topological polar surface area (TPSA) is 151 Å². The molecule has 0 radical (unpaired) electrons. The van der Waals surface area contributed by atoms with E-state index < -0.39 is 11.9 Å². The number of nitrogens with zero attached hydrogens (tertiary/aromatic N) is 2. The van der Waals surface area contributed by atoms with E-state index in [0.717, 1.165) is 0 Å². The molecule has 1 atom stereocenters. The molecular weight excluding hydrogens is 536 g/mol. The number of H-pyrrole nitrogens is 1. The van der Waals surface area contributed by atoms with Gasteiger partial charge >= 0.3 is 5.97 Å². The summed E-state index contributed by atoms with van der Waals surface area (Å²) < 4.78 is 33.4. The van der Waals surface area contributed by atoms with Crippen LogP contribution in [-0.2, 0) is 0 Å². The van der Waals surface area contributed by atoms with Gasteiger partial charge in [0.25, 0.3) is 0 Å². The fourth-order valence-electron chi connectivity index (χ4n) is 4.52. The highest BCUT2D eigenvalue weighted by atomic mass is 32.1. The summed E-state index contributed by atoms with van der Waals surface area (Å²) in [6.07, 6.45) is 0. The van der Waals surface area contributed by atoms with Crippen LogP contribution >= 0.6 is 11.3 Å². The summed E-state index contributed by atoms with van der Waals surface area (Å²) in [5.41, 5.74) is 8.71. The average molecular weight is 561 g/mol. The van der Waals surface area contributed by atoms with Crippen molar-refractivity contribution in [3.05, 3.63) is 75.3 Å². The second-order valence-corrected chi connectivity index (χ2v) is 9.38. The number of hydrogen-bond acceptors (Lipinski definition) is 11. The number of fused-ring (bicyclic) bond motifs is 1. The number of rotatable bonds is 8. The molecule has 1 unspecified atom stereocenters. The lowest BCUT2D eigenvalue weighted by Crippen LogP contribution is -2.21. The third kappa shape index (κ3) is 4.52. The van der Waals surface area contributed by atoms with Gasteiger partial charge in [0.1, 0.15) is 16.5 Å². The van der Waals surface area contributed by atoms with E-state index in [4.69, 9.17) is 34.2 Å². The van der Waals surface area contributed by atoms with Gasteiger partial charge in [-0.1, -0.05) is 12.1 Å². The molecule has 0 saturated carbocycles. The first-order valence-corrected chi connectivity index (χ1v) is 12.7. The Hall–Kier alpha value is -5.15. The molecule has 3 heterocycles. The number of nitrogens with two attached hydrogens (primary N) is 1. The molecule has 40 heavy (non-hydrogen) atoms. The number of benzene rings is 2. The third-order valence-corrected chi connectivity index (χ3v) is 7.19. The summed E-state index contributed by atoms with van der Waals surface area (Å²) in [7, 11) is 6.02. The van der Waals surface area contributed by atoms with Crippen molar-refractivity contribution in [2.75, 3.05) is 28.4 Å². The molecule has 1 aliphatic rings. The predicted octanol–water partition coefficient (Wildman–Crippen LogP) is 4.61. The number of ether oxygens (including phenoxy) is 6. The van der Waals surface area contributed by atoms with Crippen molar-refractivity contribution >= 4 is 17.3 Å². The average Bonchev–Trinajstić information content (AvgIpc) is 3.66. The number of aromatic nitrogens is 2. The maximum absolute atomic E-state index is 12.6. The highest BCUT2D eigenvalue weighted by molar-refractivity contribution is 7.12. The van der Waals surface area contributed by atoms with Gasteiger partial charge in [-0.3, -0.25) is 5.10 Å². The van der Waals surface area contributed by atoms with Gasteiger partial charge < -0.3 is 34.2 Å². The minimum Gasteiger partial charge on any atom is -0.493 e. The first-order chi connectivity index (χ1) is 19.4. The first-order valence-electron chi connectivity index (χ1n) is 11.8. The van der Waals surface area contributed by atoms with Gasteiger partial charge in [-0.2, -0.15) is 5.26 Å². The zero-order valence-electron chi connectivity index (χ0n) is 21.9. The lowest BCUT2D eigenvalue weighted by atomic mass is 9.83. The van der Waals surface area contributed by atoms with E-state index in [1.54, 1.807) is 47.8 Å². The Balaban J connectivity index is 1.63. The molecule has 4 aromatic rings. The molecule has 0 aliphatic carbocycles. The summed E-state index contributed by atoms with van der Waals surface area (Å²) in [6, 6.07) is 14.2. The molecule has 5 rings (SSSR count). The van der Waals surface area contributed by atoms with Gasteiger partial charge in [0.15, 0.2) is 23.0 Å². The van der Waals surface area contributed by atoms with Crippen LogP contribution in [0, 0.1) is 11.3 Å². The lowest BCUT2D eigenvalue weighted by Gasteiger charge is -2.25. The molecule has 0 bridgehead atoms. The predicted molar refractivity (Wildman–Crippen MR) is 145 cm³/mol. The van der Waals surface area contributed by atoms with Crippen molar-refractivity contribution in [3.63, 3.8) is 0 Å². The third-order valence-electron chi connectivity index (χ3n) is 6.34. The Kier molecular flexibility index (Phi) is 7.22. The highest BCUT2D eigenvalue weighted by Crippen LogP contribution is 2.49. The second kappa shape index (κ2) is 10.9.